The molecule has 22 heavy (non-hydrogen) atoms. The SMILES string of the molecule is CCO[C@@H]1[C@H](O)[C@@H](CO)O[C@]1(n1cnc(N)nc1=O)[SiH](C)C. The van der Waals surface area contributed by atoms with Gasteiger partial charge in [-0.25, -0.2) is 9.78 Å². The van der Waals surface area contributed by atoms with Crippen molar-refractivity contribution >= 4 is 14.7 Å². The van der Waals surface area contributed by atoms with Crippen molar-refractivity contribution in [2.45, 2.75) is 43.7 Å². The van der Waals surface area contributed by atoms with Gasteiger partial charge in [-0.3, -0.25) is 4.57 Å². The number of aromatic nitrogens is 3. The van der Waals surface area contributed by atoms with E-state index in [0.29, 0.717) is 6.61 Å². The van der Waals surface area contributed by atoms with Crippen LogP contribution in [0, 0.1) is 0 Å². The third kappa shape index (κ3) is 2.56. The molecule has 9 nitrogen and oxygen atoms in total. The van der Waals surface area contributed by atoms with Crippen LogP contribution in [0.4, 0.5) is 5.95 Å². The van der Waals surface area contributed by atoms with E-state index in [1.165, 1.54) is 10.9 Å². The number of hydrogen-bond donors (Lipinski definition) is 3. The maximum absolute atomic E-state index is 12.3. The number of aliphatic hydroxyl groups is 2. The van der Waals surface area contributed by atoms with Crippen LogP contribution in [0.1, 0.15) is 6.92 Å². The molecule has 2 heterocycles. The molecule has 4 atom stereocenters. The Kier molecular flexibility index (Phi) is 4.97. The van der Waals surface area contributed by atoms with Crippen LogP contribution in [-0.2, 0) is 14.8 Å². The van der Waals surface area contributed by atoms with Gasteiger partial charge in [0.1, 0.15) is 24.6 Å². The van der Waals surface area contributed by atoms with Gasteiger partial charge in [0.15, 0.2) is 5.35 Å². The van der Waals surface area contributed by atoms with E-state index in [9.17, 15) is 15.0 Å². The second-order valence-electron chi connectivity index (χ2n) is 5.48. The quantitative estimate of drug-likeness (QED) is 0.531. The lowest BCUT2D eigenvalue weighted by Crippen LogP contribution is -2.59. The molecule has 124 valence electrons. The maximum Gasteiger partial charge on any atom is 0.354 e. The smallest absolute Gasteiger partial charge is 0.354 e. The molecule has 0 saturated carbocycles. The van der Waals surface area contributed by atoms with Crippen molar-refractivity contribution < 1.29 is 19.7 Å². The fraction of sp³-hybridized carbons (Fsp3) is 0.750. The summed E-state index contributed by atoms with van der Waals surface area (Å²) in [5, 5.41) is 18.6. The molecule has 1 aromatic rings. The van der Waals surface area contributed by atoms with Crippen molar-refractivity contribution in [3.05, 3.63) is 16.8 Å². The molecule has 0 aromatic carbocycles. The van der Waals surface area contributed by atoms with Crippen LogP contribution in [0.15, 0.2) is 11.1 Å². The van der Waals surface area contributed by atoms with Crippen LogP contribution in [0.25, 0.3) is 0 Å². The van der Waals surface area contributed by atoms with Gasteiger partial charge in [-0.1, -0.05) is 13.1 Å². The molecule has 10 heteroatoms. The molecule has 1 saturated heterocycles. The fourth-order valence-corrected chi connectivity index (χ4v) is 5.02. The van der Waals surface area contributed by atoms with Gasteiger partial charge in [-0.05, 0) is 6.92 Å². The Hall–Kier alpha value is -1.33. The first-order valence-electron chi connectivity index (χ1n) is 7.18. The summed E-state index contributed by atoms with van der Waals surface area (Å²) in [6.07, 6.45) is -1.41. The zero-order valence-electron chi connectivity index (χ0n) is 12.8. The van der Waals surface area contributed by atoms with Crippen LogP contribution in [0.3, 0.4) is 0 Å². The minimum absolute atomic E-state index is 0.132. The molecule has 1 aliphatic rings. The Labute approximate surface area is 129 Å². The number of nitrogens with two attached hydrogens (primary N) is 1. The largest absolute Gasteiger partial charge is 0.394 e. The Morgan fingerprint density at radius 3 is 2.77 bits per heavy atom. The highest BCUT2D eigenvalue weighted by molar-refractivity contribution is 6.58. The average Bonchev–Trinajstić information content (AvgIpc) is 2.74. The monoisotopic (exact) mass is 330 g/mol. The molecular weight excluding hydrogens is 308 g/mol. The van der Waals surface area contributed by atoms with Crippen molar-refractivity contribution in [1.29, 1.82) is 0 Å². The summed E-state index contributed by atoms with van der Waals surface area (Å²) in [6.45, 7) is 5.66. The fourth-order valence-electron chi connectivity index (χ4n) is 2.89. The van der Waals surface area contributed by atoms with Gasteiger partial charge in [0.25, 0.3) is 0 Å². The van der Waals surface area contributed by atoms with Crippen molar-refractivity contribution in [3.63, 3.8) is 0 Å². The molecular formula is C12H22N4O5Si. The number of anilines is 1. The molecule has 0 aliphatic carbocycles. The lowest BCUT2D eigenvalue weighted by Gasteiger charge is -2.38. The van der Waals surface area contributed by atoms with Crippen LogP contribution >= 0.6 is 0 Å². The zero-order chi connectivity index (χ0) is 16.5. The number of hydrogen-bond acceptors (Lipinski definition) is 8. The summed E-state index contributed by atoms with van der Waals surface area (Å²) in [7, 11) is -1.79. The number of nitrogen functional groups attached to an aromatic ring is 1. The first-order valence-corrected chi connectivity index (χ1v) is 10.1. The number of nitrogens with zero attached hydrogens (tertiary/aromatic N) is 3. The minimum Gasteiger partial charge on any atom is -0.394 e. The van der Waals surface area contributed by atoms with Gasteiger partial charge in [0.2, 0.25) is 5.95 Å². The van der Waals surface area contributed by atoms with Crippen LogP contribution in [0.2, 0.25) is 13.1 Å². The van der Waals surface area contributed by atoms with Gasteiger partial charge in [0, 0.05) is 6.61 Å². The third-order valence-corrected chi connectivity index (χ3v) is 6.29. The van der Waals surface area contributed by atoms with Crippen molar-refractivity contribution in [3.8, 4) is 0 Å². The molecule has 1 fully saturated rings. The molecule has 1 aliphatic heterocycles. The predicted octanol–water partition coefficient (Wildman–Crippen LogP) is -1.94. The second kappa shape index (κ2) is 6.42. The van der Waals surface area contributed by atoms with Crippen LogP contribution in [-0.4, -0.2) is 65.1 Å². The Morgan fingerprint density at radius 2 is 2.27 bits per heavy atom. The summed E-state index contributed by atoms with van der Waals surface area (Å²) in [5.74, 6) is -0.132. The molecule has 2 rings (SSSR count). The first kappa shape index (κ1) is 17.0. The summed E-state index contributed by atoms with van der Waals surface area (Å²) in [4.78, 5) is 19.7. The highest BCUT2D eigenvalue weighted by Crippen LogP contribution is 2.38. The molecule has 0 unspecified atom stereocenters. The lowest BCUT2D eigenvalue weighted by molar-refractivity contribution is -0.111. The molecule has 1 aromatic heterocycles. The summed E-state index contributed by atoms with van der Waals surface area (Å²) in [6, 6.07) is 0. The molecule has 0 amide bonds. The summed E-state index contributed by atoms with van der Waals surface area (Å²) >= 11 is 0. The van der Waals surface area contributed by atoms with Crippen LogP contribution in [0.5, 0.6) is 0 Å². The van der Waals surface area contributed by atoms with E-state index in [1.54, 1.807) is 6.92 Å². The van der Waals surface area contributed by atoms with E-state index in [-0.39, 0.29) is 12.6 Å². The molecule has 0 spiro atoms. The van der Waals surface area contributed by atoms with Crippen molar-refractivity contribution in [2.75, 3.05) is 18.9 Å². The van der Waals surface area contributed by atoms with Gasteiger partial charge in [-0.15, -0.1) is 0 Å². The topological polar surface area (TPSA) is 133 Å². The molecule has 4 N–H and O–H groups in total. The first-order chi connectivity index (χ1) is 10.4. The summed E-state index contributed by atoms with van der Waals surface area (Å²) in [5.41, 5.74) is 4.81. The highest BCUT2D eigenvalue weighted by Gasteiger charge is 2.59. The van der Waals surface area contributed by atoms with E-state index in [1.807, 2.05) is 13.1 Å². The van der Waals surface area contributed by atoms with E-state index < -0.39 is 38.1 Å². The Bertz CT molecular complexity index is 583. The van der Waals surface area contributed by atoms with Crippen molar-refractivity contribution in [1.82, 2.24) is 14.5 Å². The highest BCUT2D eigenvalue weighted by atomic mass is 28.3. The van der Waals surface area contributed by atoms with E-state index in [2.05, 4.69) is 9.97 Å². The molecule has 0 radical (unpaired) electrons. The standard InChI is InChI=1S/C12H22N4O5Si/c1-4-20-9-8(18)7(5-17)21-12(9,22(2)3)16-6-14-10(13)15-11(16)19/h6-9,17-18,22H,4-5H2,1-3H3,(H2,13,15,19)/t7-,8-,9-,12+/m1/s1. The van der Waals surface area contributed by atoms with Crippen LogP contribution < -0.4 is 11.4 Å². The lowest BCUT2D eigenvalue weighted by atomic mass is 10.1. The maximum atomic E-state index is 12.3. The average molecular weight is 330 g/mol. The van der Waals surface area contributed by atoms with Gasteiger partial charge >= 0.3 is 5.69 Å². The number of rotatable bonds is 5. The number of ether oxygens (including phenoxy) is 2. The summed E-state index contributed by atoms with van der Waals surface area (Å²) < 4.78 is 12.8. The minimum atomic E-state index is -1.79. The second-order valence-corrected chi connectivity index (χ2v) is 8.62. The zero-order valence-corrected chi connectivity index (χ0v) is 14.0. The van der Waals surface area contributed by atoms with Gasteiger partial charge in [0.05, 0.1) is 15.4 Å². The van der Waals surface area contributed by atoms with E-state index in [4.69, 9.17) is 15.2 Å². The molecule has 0 bridgehead atoms. The Balaban J connectivity index is 2.62. The van der Waals surface area contributed by atoms with E-state index >= 15 is 0 Å². The van der Waals surface area contributed by atoms with Gasteiger partial charge < -0.3 is 25.4 Å². The third-order valence-electron chi connectivity index (χ3n) is 3.89. The van der Waals surface area contributed by atoms with Crippen molar-refractivity contribution in [2.24, 2.45) is 0 Å². The predicted molar refractivity (Wildman–Crippen MR) is 80.9 cm³/mol. The normalized spacial score (nSPS) is 31.8. The Morgan fingerprint density at radius 1 is 1.59 bits per heavy atom. The van der Waals surface area contributed by atoms with E-state index in [0.717, 1.165) is 0 Å². The van der Waals surface area contributed by atoms with Gasteiger partial charge in [-0.2, -0.15) is 4.98 Å². The number of aliphatic hydroxyl groups excluding tert-OH is 2.